The fraction of sp³-hybridized carbons (Fsp3) is 0.200. The summed E-state index contributed by atoms with van der Waals surface area (Å²) in [6, 6.07) is 7.55. The van der Waals surface area contributed by atoms with Crippen LogP contribution < -0.4 is 5.32 Å². The summed E-state index contributed by atoms with van der Waals surface area (Å²) in [7, 11) is 0. The molecule has 5 nitrogen and oxygen atoms in total. The van der Waals surface area contributed by atoms with Gasteiger partial charge in [-0.25, -0.2) is 4.98 Å². The summed E-state index contributed by atoms with van der Waals surface area (Å²) in [6.07, 6.45) is 6.40. The molecule has 5 heteroatoms. The summed E-state index contributed by atoms with van der Waals surface area (Å²) in [5, 5.41) is 2.76. The highest BCUT2D eigenvalue weighted by Gasteiger charge is 2.01. The summed E-state index contributed by atoms with van der Waals surface area (Å²) in [6.45, 7) is 4.34. The van der Waals surface area contributed by atoms with Crippen molar-refractivity contribution in [3.8, 4) is 5.69 Å². The molecule has 1 N–H and O–H groups in total. The lowest BCUT2D eigenvalue weighted by molar-refractivity contribution is -0.112. The van der Waals surface area contributed by atoms with Crippen molar-refractivity contribution < 1.29 is 9.53 Å². The maximum absolute atomic E-state index is 11.6. The highest BCUT2D eigenvalue weighted by Crippen LogP contribution is 2.14. The van der Waals surface area contributed by atoms with Crippen LogP contribution in [-0.4, -0.2) is 22.1 Å². The van der Waals surface area contributed by atoms with Gasteiger partial charge in [-0.15, -0.1) is 0 Å². The van der Waals surface area contributed by atoms with Gasteiger partial charge in [0.2, 0.25) is 0 Å². The second-order valence-electron chi connectivity index (χ2n) is 4.14. The number of nitrogens with zero attached hydrogens (tertiary/aromatic N) is 2. The van der Waals surface area contributed by atoms with E-state index in [2.05, 4.69) is 10.3 Å². The number of imidazole rings is 1. The Balaban J connectivity index is 2.02. The fourth-order valence-electron chi connectivity index (χ4n) is 1.75. The number of hydrogen-bond donors (Lipinski definition) is 1. The Morgan fingerprint density at radius 3 is 2.75 bits per heavy atom. The van der Waals surface area contributed by atoms with E-state index in [1.165, 1.54) is 12.3 Å². The van der Waals surface area contributed by atoms with Crippen LogP contribution in [0.2, 0.25) is 0 Å². The van der Waals surface area contributed by atoms with Crippen LogP contribution >= 0.6 is 0 Å². The number of ether oxygens (including phenoxy) is 1. The van der Waals surface area contributed by atoms with Crippen molar-refractivity contribution in [3.05, 3.63) is 54.8 Å². The Hall–Kier alpha value is -2.56. The lowest BCUT2D eigenvalue weighted by Gasteiger charge is -2.07. The quantitative estimate of drug-likeness (QED) is 0.672. The number of amides is 1. The number of hydrogen-bond acceptors (Lipinski definition) is 3. The fourth-order valence-corrected chi connectivity index (χ4v) is 1.75. The first-order valence-electron chi connectivity index (χ1n) is 6.40. The molecule has 1 aromatic carbocycles. The average Bonchev–Trinajstić information content (AvgIpc) is 2.86. The van der Waals surface area contributed by atoms with E-state index in [0.29, 0.717) is 6.61 Å². The van der Waals surface area contributed by atoms with E-state index in [1.54, 1.807) is 6.20 Å². The summed E-state index contributed by atoms with van der Waals surface area (Å²) in [5.74, 6) is 0.700. The third kappa shape index (κ3) is 3.47. The molecule has 0 saturated carbocycles. The van der Waals surface area contributed by atoms with Crippen molar-refractivity contribution in [2.24, 2.45) is 0 Å². The van der Waals surface area contributed by atoms with Gasteiger partial charge in [0.1, 0.15) is 5.82 Å². The number of nitrogens with one attached hydrogen (secondary N) is 1. The molecule has 0 fully saturated rings. The van der Waals surface area contributed by atoms with Crippen molar-refractivity contribution in [2.75, 3.05) is 11.9 Å². The molecule has 0 aliphatic rings. The molecular weight excluding hydrogens is 254 g/mol. The third-order valence-electron chi connectivity index (χ3n) is 2.72. The van der Waals surface area contributed by atoms with Gasteiger partial charge in [-0.3, -0.25) is 4.79 Å². The van der Waals surface area contributed by atoms with Gasteiger partial charge in [0, 0.05) is 29.8 Å². The van der Waals surface area contributed by atoms with Crippen molar-refractivity contribution in [1.29, 1.82) is 0 Å². The van der Waals surface area contributed by atoms with E-state index in [-0.39, 0.29) is 5.91 Å². The van der Waals surface area contributed by atoms with Crippen molar-refractivity contribution >= 4 is 11.6 Å². The largest absolute Gasteiger partial charge is 0.501 e. The molecule has 1 amide bonds. The minimum absolute atomic E-state index is 0.218. The number of carbonyl (C=O) groups is 1. The Morgan fingerprint density at radius 1 is 1.40 bits per heavy atom. The smallest absolute Gasteiger partial charge is 0.251 e. The molecule has 20 heavy (non-hydrogen) atoms. The summed E-state index contributed by atoms with van der Waals surface area (Å²) >= 11 is 0. The van der Waals surface area contributed by atoms with Gasteiger partial charge in [0.25, 0.3) is 5.91 Å². The van der Waals surface area contributed by atoms with Crippen LogP contribution in [0.1, 0.15) is 12.7 Å². The predicted octanol–water partition coefficient (Wildman–Crippen LogP) is 2.67. The minimum Gasteiger partial charge on any atom is -0.501 e. The summed E-state index contributed by atoms with van der Waals surface area (Å²) in [4.78, 5) is 15.7. The zero-order valence-corrected chi connectivity index (χ0v) is 11.5. The molecule has 0 unspecified atom stereocenters. The Kier molecular flexibility index (Phi) is 4.55. The number of aryl methyl sites for hydroxylation is 1. The highest BCUT2D eigenvalue weighted by atomic mass is 16.5. The number of rotatable bonds is 5. The SMILES string of the molecule is CCOC=CC(=O)Nc1ccc(-n2ccnc2C)cc1. The maximum atomic E-state index is 11.6. The average molecular weight is 271 g/mol. The summed E-state index contributed by atoms with van der Waals surface area (Å²) < 4.78 is 6.94. The molecule has 0 aliphatic heterocycles. The topological polar surface area (TPSA) is 56.1 Å². The molecule has 1 heterocycles. The maximum Gasteiger partial charge on any atom is 0.251 e. The van der Waals surface area contributed by atoms with Gasteiger partial charge in [0.15, 0.2) is 0 Å². The molecule has 0 saturated heterocycles. The molecule has 104 valence electrons. The Morgan fingerprint density at radius 2 is 2.15 bits per heavy atom. The van der Waals surface area contributed by atoms with E-state index in [9.17, 15) is 4.79 Å². The number of aromatic nitrogens is 2. The number of carbonyl (C=O) groups excluding carboxylic acids is 1. The van der Waals surface area contributed by atoms with E-state index < -0.39 is 0 Å². The van der Waals surface area contributed by atoms with E-state index >= 15 is 0 Å². The van der Waals surface area contributed by atoms with E-state index in [0.717, 1.165) is 17.2 Å². The third-order valence-corrected chi connectivity index (χ3v) is 2.72. The predicted molar refractivity (Wildman–Crippen MR) is 77.7 cm³/mol. The first-order chi connectivity index (χ1) is 9.70. The monoisotopic (exact) mass is 271 g/mol. The van der Waals surface area contributed by atoms with Gasteiger partial charge in [0.05, 0.1) is 12.9 Å². The zero-order chi connectivity index (χ0) is 14.4. The zero-order valence-electron chi connectivity index (χ0n) is 11.5. The molecule has 0 atom stereocenters. The molecule has 0 radical (unpaired) electrons. The molecule has 0 aliphatic carbocycles. The van der Waals surface area contributed by atoms with Crippen molar-refractivity contribution in [3.63, 3.8) is 0 Å². The van der Waals surface area contributed by atoms with E-state index in [4.69, 9.17) is 4.74 Å². The van der Waals surface area contributed by atoms with Crippen LogP contribution in [0.3, 0.4) is 0 Å². The molecule has 2 rings (SSSR count). The first-order valence-corrected chi connectivity index (χ1v) is 6.40. The molecule has 0 spiro atoms. The minimum atomic E-state index is -0.218. The van der Waals surface area contributed by atoms with Crippen LogP contribution in [0.15, 0.2) is 49.0 Å². The van der Waals surface area contributed by atoms with Gasteiger partial charge >= 0.3 is 0 Å². The molecule has 0 bridgehead atoms. The Labute approximate surface area is 117 Å². The van der Waals surface area contributed by atoms with Gasteiger partial charge in [-0.2, -0.15) is 0 Å². The van der Waals surface area contributed by atoms with Gasteiger partial charge in [-0.1, -0.05) is 0 Å². The first kappa shape index (κ1) is 13.9. The van der Waals surface area contributed by atoms with Crippen molar-refractivity contribution in [1.82, 2.24) is 9.55 Å². The van der Waals surface area contributed by atoms with Crippen molar-refractivity contribution in [2.45, 2.75) is 13.8 Å². The van der Waals surface area contributed by atoms with Crippen LogP contribution in [0.25, 0.3) is 5.69 Å². The second kappa shape index (κ2) is 6.56. The van der Waals surface area contributed by atoms with Crippen LogP contribution in [0.4, 0.5) is 5.69 Å². The lowest BCUT2D eigenvalue weighted by Crippen LogP contribution is -2.08. The van der Waals surface area contributed by atoms with Gasteiger partial charge in [-0.05, 0) is 38.1 Å². The highest BCUT2D eigenvalue weighted by molar-refractivity contribution is 5.99. The number of benzene rings is 1. The lowest BCUT2D eigenvalue weighted by atomic mass is 10.2. The van der Waals surface area contributed by atoms with Crippen LogP contribution in [-0.2, 0) is 9.53 Å². The number of anilines is 1. The van der Waals surface area contributed by atoms with Crippen LogP contribution in [0, 0.1) is 6.92 Å². The molecule has 1 aromatic heterocycles. The van der Waals surface area contributed by atoms with Crippen LogP contribution in [0.5, 0.6) is 0 Å². The molecular formula is C15H17N3O2. The standard InChI is InChI=1S/C15H17N3O2/c1-3-20-11-8-15(19)17-13-4-6-14(7-5-13)18-10-9-16-12(18)2/h4-11H,3H2,1-2H3,(H,17,19). The second-order valence-corrected chi connectivity index (χ2v) is 4.14. The molecule has 2 aromatic rings. The van der Waals surface area contributed by atoms with E-state index in [1.807, 2.05) is 48.9 Å². The summed E-state index contributed by atoms with van der Waals surface area (Å²) in [5.41, 5.74) is 1.74. The Bertz CT molecular complexity index is 600. The normalized spacial score (nSPS) is 10.7. The van der Waals surface area contributed by atoms with Gasteiger partial charge < -0.3 is 14.6 Å².